The van der Waals surface area contributed by atoms with Crippen LogP contribution in [0.25, 0.3) is 0 Å². The van der Waals surface area contributed by atoms with Crippen molar-refractivity contribution in [3.05, 3.63) is 28.8 Å². The van der Waals surface area contributed by atoms with Crippen LogP contribution in [0.15, 0.2) is 23.2 Å². The Morgan fingerprint density at radius 1 is 1.54 bits per heavy atom. The van der Waals surface area contributed by atoms with E-state index in [1.54, 1.807) is 12.1 Å². The van der Waals surface area contributed by atoms with E-state index in [0.29, 0.717) is 10.7 Å². The lowest BCUT2D eigenvalue weighted by Crippen LogP contribution is -2.36. The molecule has 0 heterocycles. The van der Waals surface area contributed by atoms with Crippen LogP contribution in [0.2, 0.25) is 5.02 Å². The largest absolute Gasteiger partial charge is 0.369 e. The number of hydrogen-bond acceptors (Lipinski definition) is 2. The van der Waals surface area contributed by atoms with Crippen LogP contribution < -0.4 is 17.0 Å². The number of halogens is 1. The summed E-state index contributed by atoms with van der Waals surface area (Å²) in [5.74, 6) is 5.23. The van der Waals surface area contributed by atoms with E-state index in [1.165, 1.54) is 0 Å². The van der Waals surface area contributed by atoms with E-state index in [1.807, 2.05) is 13.0 Å². The third-order valence-corrected chi connectivity index (χ3v) is 2.04. The molecule has 70 valence electrons. The highest BCUT2D eigenvalue weighted by Crippen LogP contribution is 2.24. The molecule has 0 fully saturated rings. The summed E-state index contributed by atoms with van der Waals surface area (Å²) in [5, 5.41) is 0.658. The van der Waals surface area contributed by atoms with Gasteiger partial charge in [-0.15, -0.1) is 0 Å². The van der Waals surface area contributed by atoms with Crippen LogP contribution in [0.1, 0.15) is 5.56 Å². The summed E-state index contributed by atoms with van der Waals surface area (Å²) >= 11 is 5.88. The monoisotopic (exact) mass is 198 g/mol. The molecule has 4 nitrogen and oxygen atoms in total. The van der Waals surface area contributed by atoms with E-state index in [2.05, 4.69) is 10.4 Å². The molecule has 0 amide bonds. The Bertz CT molecular complexity index is 335. The van der Waals surface area contributed by atoms with Crippen LogP contribution in [-0.4, -0.2) is 5.96 Å². The van der Waals surface area contributed by atoms with Crippen LogP contribution in [0.4, 0.5) is 5.69 Å². The van der Waals surface area contributed by atoms with E-state index in [0.717, 1.165) is 5.56 Å². The smallest absolute Gasteiger partial charge is 0.208 e. The zero-order valence-electron chi connectivity index (χ0n) is 7.21. The summed E-state index contributed by atoms with van der Waals surface area (Å²) in [5.41, 5.74) is 9.23. The maximum Gasteiger partial charge on any atom is 0.208 e. The second-order valence-electron chi connectivity index (χ2n) is 2.53. The molecule has 0 radical (unpaired) electrons. The highest BCUT2D eigenvalue weighted by atomic mass is 35.5. The van der Waals surface area contributed by atoms with Crippen LogP contribution in [-0.2, 0) is 0 Å². The number of nitrogens with zero attached hydrogens (tertiary/aromatic N) is 1. The van der Waals surface area contributed by atoms with Gasteiger partial charge in [-0.1, -0.05) is 17.7 Å². The van der Waals surface area contributed by atoms with Crippen molar-refractivity contribution >= 4 is 23.2 Å². The van der Waals surface area contributed by atoms with Crippen molar-refractivity contribution in [3.8, 4) is 0 Å². The van der Waals surface area contributed by atoms with Gasteiger partial charge in [-0.2, -0.15) is 0 Å². The van der Waals surface area contributed by atoms with Gasteiger partial charge < -0.3 is 5.73 Å². The molecule has 0 saturated heterocycles. The molecule has 0 bridgehead atoms. The van der Waals surface area contributed by atoms with Gasteiger partial charge in [0, 0.05) is 5.02 Å². The Morgan fingerprint density at radius 2 is 2.23 bits per heavy atom. The van der Waals surface area contributed by atoms with Gasteiger partial charge in [-0.3, -0.25) is 5.43 Å². The molecule has 0 aliphatic heterocycles. The second-order valence-corrected chi connectivity index (χ2v) is 2.93. The SMILES string of the molecule is Cc1c(Cl)cccc1N=C(N)NN. The number of hydrogen-bond donors (Lipinski definition) is 3. The lowest BCUT2D eigenvalue weighted by atomic mass is 10.2. The molecular formula is C8H11ClN4. The average Bonchev–Trinajstić information content (AvgIpc) is 2.13. The van der Waals surface area contributed by atoms with Gasteiger partial charge in [0.1, 0.15) is 0 Å². The molecule has 0 unspecified atom stereocenters. The number of aliphatic imine (C=N–C) groups is 1. The molecule has 5 N–H and O–H groups in total. The van der Waals surface area contributed by atoms with Gasteiger partial charge in [0.15, 0.2) is 0 Å². The molecule has 0 aliphatic rings. The summed E-state index contributed by atoms with van der Waals surface area (Å²) in [6, 6.07) is 5.41. The van der Waals surface area contributed by atoms with Crippen molar-refractivity contribution in [2.24, 2.45) is 16.6 Å². The van der Waals surface area contributed by atoms with E-state index < -0.39 is 0 Å². The lowest BCUT2D eigenvalue weighted by Gasteiger charge is -2.03. The van der Waals surface area contributed by atoms with Gasteiger partial charge in [0.25, 0.3) is 0 Å². The summed E-state index contributed by atoms with van der Waals surface area (Å²) in [6.07, 6.45) is 0. The predicted molar refractivity (Wildman–Crippen MR) is 54.8 cm³/mol. The predicted octanol–water partition coefficient (Wildman–Crippen LogP) is 1.06. The number of nitrogens with one attached hydrogen (secondary N) is 1. The number of rotatable bonds is 1. The molecule has 13 heavy (non-hydrogen) atoms. The fraction of sp³-hybridized carbons (Fsp3) is 0.125. The second kappa shape index (κ2) is 4.11. The summed E-state index contributed by atoms with van der Waals surface area (Å²) in [4.78, 5) is 4.01. The van der Waals surface area contributed by atoms with Crippen molar-refractivity contribution in [1.29, 1.82) is 0 Å². The van der Waals surface area contributed by atoms with Gasteiger partial charge in [0.2, 0.25) is 5.96 Å². The summed E-state index contributed by atoms with van der Waals surface area (Å²) < 4.78 is 0. The van der Waals surface area contributed by atoms with Crippen molar-refractivity contribution in [3.63, 3.8) is 0 Å². The number of guanidine groups is 1. The minimum absolute atomic E-state index is 0.158. The standard InChI is InChI=1S/C8H11ClN4/c1-5-6(9)3-2-4-7(5)12-8(10)13-11/h2-4H,11H2,1H3,(H3,10,12,13). The number of hydrazine groups is 1. The maximum absolute atomic E-state index is 5.88. The highest BCUT2D eigenvalue weighted by molar-refractivity contribution is 6.31. The van der Waals surface area contributed by atoms with E-state index in [4.69, 9.17) is 23.2 Å². The van der Waals surface area contributed by atoms with Gasteiger partial charge >= 0.3 is 0 Å². The first-order valence-corrected chi connectivity index (χ1v) is 4.09. The number of benzene rings is 1. The van der Waals surface area contributed by atoms with Crippen molar-refractivity contribution in [1.82, 2.24) is 5.43 Å². The molecule has 5 heteroatoms. The number of nitrogens with two attached hydrogens (primary N) is 2. The fourth-order valence-electron chi connectivity index (χ4n) is 0.879. The van der Waals surface area contributed by atoms with Gasteiger partial charge in [-0.05, 0) is 24.6 Å². The quantitative estimate of drug-likeness (QED) is 0.273. The third-order valence-electron chi connectivity index (χ3n) is 1.63. The Kier molecular flexibility index (Phi) is 3.11. The van der Waals surface area contributed by atoms with Crippen LogP contribution in [0.5, 0.6) is 0 Å². The van der Waals surface area contributed by atoms with Crippen molar-refractivity contribution < 1.29 is 0 Å². The third kappa shape index (κ3) is 2.34. The van der Waals surface area contributed by atoms with Crippen LogP contribution in [0.3, 0.4) is 0 Å². The zero-order chi connectivity index (χ0) is 9.84. The van der Waals surface area contributed by atoms with E-state index in [9.17, 15) is 0 Å². The Labute approximate surface area is 81.6 Å². The molecule has 1 aromatic rings. The first-order chi connectivity index (χ1) is 6.15. The van der Waals surface area contributed by atoms with Gasteiger partial charge in [0.05, 0.1) is 5.69 Å². The Balaban J connectivity index is 3.09. The van der Waals surface area contributed by atoms with E-state index >= 15 is 0 Å². The maximum atomic E-state index is 5.88. The topological polar surface area (TPSA) is 76.4 Å². The molecule has 0 spiro atoms. The summed E-state index contributed by atoms with van der Waals surface area (Å²) in [6.45, 7) is 1.87. The first kappa shape index (κ1) is 9.83. The molecule has 0 aromatic heterocycles. The fourth-order valence-corrected chi connectivity index (χ4v) is 1.05. The van der Waals surface area contributed by atoms with Crippen LogP contribution >= 0.6 is 11.6 Å². The normalized spacial score (nSPS) is 11.5. The minimum Gasteiger partial charge on any atom is -0.369 e. The Hall–Kier alpha value is -1.26. The van der Waals surface area contributed by atoms with Crippen molar-refractivity contribution in [2.45, 2.75) is 6.92 Å². The zero-order valence-corrected chi connectivity index (χ0v) is 7.97. The van der Waals surface area contributed by atoms with E-state index in [-0.39, 0.29) is 5.96 Å². The molecule has 0 saturated carbocycles. The molecule has 1 aromatic carbocycles. The molecular weight excluding hydrogens is 188 g/mol. The minimum atomic E-state index is 0.158. The molecule has 1 rings (SSSR count). The molecule has 0 atom stereocenters. The summed E-state index contributed by atoms with van der Waals surface area (Å²) in [7, 11) is 0. The lowest BCUT2D eigenvalue weighted by molar-refractivity contribution is 1.01. The first-order valence-electron chi connectivity index (χ1n) is 3.71. The average molecular weight is 199 g/mol. The Morgan fingerprint density at radius 3 is 2.85 bits per heavy atom. The van der Waals surface area contributed by atoms with Crippen LogP contribution in [0, 0.1) is 6.92 Å². The van der Waals surface area contributed by atoms with Gasteiger partial charge in [-0.25, -0.2) is 10.8 Å². The highest BCUT2D eigenvalue weighted by Gasteiger charge is 2.00. The molecule has 0 aliphatic carbocycles. The van der Waals surface area contributed by atoms with Crippen molar-refractivity contribution in [2.75, 3.05) is 0 Å².